The van der Waals surface area contributed by atoms with Crippen LogP contribution in [0.2, 0.25) is 5.02 Å². The van der Waals surface area contributed by atoms with E-state index in [0.717, 1.165) is 22.7 Å². The zero-order valence-corrected chi connectivity index (χ0v) is 25.1. The van der Waals surface area contributed by atoms with E-state index in [4.69, 9.17) is 16.3 Å². The largest absolute Gasteiger partial charge is 0.495 e. The minimum atomic E-state index is -4.27. The van der Waals surface area contributed by atoms with Crippen LogP contribution in [0.5, 0.6) is 5.75 Å². The predicted molar refractivity (Wildman–Crippen MR) is 158 cm³/mol. The summed E-state index contributed by atoms with van der Waals surface area (Å²) >= 11 is 6.33. The number of carbonyl (C=O) groups is 2. The van der Waals surface area contributed by atoms with Crippen molar-refractivity contribution in [3.63, 3.8) is 0 Å². The number of amides is 2. The van der Waals surface area contributed by atoms with Crippen LogP contribution in [0, 0.1) is 12.7 Å². The van der Waals surface area contributed by atoms with Crippen molar-refractivity contribution >= 4 is 39.1 Å². The number of halogens is 2. The monoisotopic (exact) mass is 603 g/mol. The summed E-state index contributed by atoms with van der Waals surface area (Å²) in [4.78, 5) is 28.1. The average Bonchev–Trinajstić information content (AvgIpc) is 2.95. The molecule has 3 aromatic carbocycles. The molecule has 2 amide bonds. The molecule has 3 aromatic rings. The highest BCUT2D eigenvalue weighted by Gasteiger charge is 2.33. The van der Waals surface area contributed by atoms with Crippen LogP contribution in [0.25, 0.3) is 0 Å². The molecule has 0 saturated carbocycles. The van der Waals surface area contributed by atoms with E-state index in [1.165, 1.54) is 67.5 Å². The fraction of sp³-hybridized carbons (Fsp3) is 0.333. The molecule has 0 heterocycles. The molecule has 41 heavy (non-hydrogen) atoms. The van der Waals surface area contributed by atoms with Crippen LogP contribution in [0.3, 0.4) is 0 Å². The zero-order chi connectivity index (χ0) is 30.2. The van der Waals surface area contributed by atoms with Gasteiger partial charge in [-0.2, -0.15) is 0 Å². The van der Waals surface area contributed by atoms with Gasteiger partial charge in [0.15, 0.2) is 0 Å². The highest BCUT2D eigenvalue weighted by molar-refractivity contribution is 7.92. The van der Waals surface area contributed by atoms with Gasteiger partial charge in [-0.05, 0) is 56.7 Å². The van der Waals surface area contributed by atoms with Crippen molar-refractivity contribution in [2.75, 3.05) is 24.5 Å². The molecule has 11 heteroatoms. The quantitative estimate of drug-likeness (QED) is 0.267. The predicted octanol–water partition coefficient (Wildman–Crippen LogP) is 5.33. The van der Waals surface area contributed by atoms with Crippen LogP contribution in [-0.2, 0) is 26.2 Å². The molecule has 0 aliphatic carbocycles. The van der Waals surface area contributed by atoms with Gasteiger partial charge in [-0.15, -0.1) is 0 Å². The van der Waals surface area contributed by atoms with Gasteiger partial charge in [-0.3, -0.25) is 13.9 Å². The molecule has 1 atom stereocenters. The van der Waals surface area contributed by atoms with Crippen LogP contribution in [0.1, 0.15) is 37.8 Å². The van der Waals surface area contributed by atoms with E-state index >= 15 is 0 Å². The fourth-order valence-electron chi connectivity index (χ4n) is 4.11. The van der Waals surface area contributed by atoms with Gasteiger partial charge < -0.3 is 15.0 Å². The Kier molecular flexibility index (Phi) is 11.1. The van der Waals surface area contributed by atoms with E-state index in [-0.39, 0.29) is 27.7 Å². The zero-order valence-electron chi connectivity index (χ0n) is 23.6. The number of nitrogens with zero attached hydrogens (tertiary/aromatic N) is 2. The lowest BCUT2D eigenvalue weighted by atomic mass is 10.1. The first-order valence-corrected chi connectivity index (χ1v) is 15.0. The molecule has 0 saturated heterocycles. The number of rotatable bonds is 13. The maximum Gasteiger partial charge on any atom is 0.264 e. The van der Waals surface area contributed by atoms with Gasteiger partial charge in [-0.25, -0.2) is 12.8 Å². The van der Waals surface area contributed by atoms with E-state index in [1.807, 2.05) is 13.8 Å². The molecule has 0 aliphatic rings. The van der Waals surface area contributed by atoms with Crippen LogP contribution >= 0.6 is 11.6 Å². The number of aryl methyl sites for hydroxylation is 1. The molecule has 0 aliphatic heterocycles. The summed E-state index contributed by atoms with van der Waals surface area (Å²) in [5.74, 6) is -1.35. The van der Waals surface area contributed by atoms with Crippen molar-refractivity contribution in [3.8, 4) is 5.75 Å². The molecule has 0 radical (unpaired) electrons. The van der Waals surface area contributed by atoms with Crippen LogP contribution in [0.4, 0.5) is 10.1 Å². The van der Waals surface area contributed by atoms with Crippen molar-refractivity contribution in [3.05, 3.63) is 88.7 Å². The second kappa shape index (κ2) is 14.3. The van der Waals surface area contributed by atoms with E-state index in [1.54, 1.807) is 18.2 Å². The molecule has 1 N–H and O–H groups in total. The molecule has 0 bridgehead atoms. The van der Waals surface area contributed by atoms with Gasteiger partial charge in [-0.1, -0.05) is 60.8 Å². The summed E-state index contributed by atoms with van der Waals surface area (Å²) in [7, 11) is -2.84. The highest BCUT2D eigenvalue weighted by atomic mass is 35.5. The number of anilines is 1. The number of unbranched alkanes of at least 4 members (excludes halogenated alkanes) is 1. The summed E-state index contributed by atoms with van der Waals surface area (Å²) in [5, 5.41) is 2.94. The summed E-state index contributed by atoms with van der Waals surface area (Å²) in [6, 6.07) is 15.5. The van der Waals surface area contributed by atoms with E-state index in [9.17, 15) is 22.4 Å². The number of nitrogens with one attached hydrogen (secondary N) is 1. The van der Waals surface area contributed by atoms with Crippen molar-refractivity contribution in [1.82, 2.24) is 10.2 Å². The minimum absolute atomic E-state index is 0.0335. The van der Waals surface area contributed by atoms with E-state index in [0.29, 0.717) is 12.3 Å². The van der Waals surface area contributed by atoms with Crippen molar-refractivity contribution in [2.24, 2.45) is 0 Å². The van der Waals surface area contributed by atoms with Gasteiger partial charge >= 0.3 is 0 Å². The summed E-state index contributed by atoms with van der Waals surface area (Å²) in [6.45, 7) is 4.85. The lowest BCUT2D eigenvalue weighted by molar-refractivity contribution is -0.139. The van der Waals surface area contributed by atoms with Crippen molar-refractivity contribution in [1.29, 1.82) is 0 Å². The Morgan fingerprint density at radius 3 is 2.37 bits per heavy atom. The lowest BCUT2D eigenvalue weighted by Crippen LogP contribution is -2.51. The highest BCUT2D eigenvalue weighted by Crippen LogP contribution is 2.32. The van der Waals surface area contributed by atoms with E-state index < -0.39 is 40.2 Å². The molecule has 8 nitrogen and oxygen atoms in total. The van der Waals surface area contributed by atoms with Gasteiger partial charge in [0.25, 0.3) is 10.0 Å². The van der Waals surface area contributed by atoms with Gasteiger partial charge in [0.1, 0.15) is 24.2 Å². The van der Waals surface area contributed by atoms with Crippen LogP contribution in [0.15, 0.2) is 71.6 Å². The Hall–Kier alpha value is -3.63. The number of benzene rings is 3. The van der Waals surface area contributed by atoms with Gasteiger partial charge in [0.2, 0.25) is 11.8 Å². The molecule has 3 rings (SSSR count). The number of carbonyl (C=O) groups excluding carboxylic acids is 2. The molecule has 0 spiro atoms. The summed E-state index contributed by atoms with van der Waals surface area (Å²) < 4.78 is 48.6. The first-order valence-electron chi connectivity index (χ1n) is 13.2. The Bertz CT molecular complexity index is 1470. The standard InChI is InChI=1S/C30H35ClFN3O5S/c1-5-6-17-33-30(37)22(3)34(19-23-9-7-8-10-27(23)32)29(36)20-35(24-13-16-28(40-4)26(31)18-24)41(38,39)25-14-11-21(2)12-15-25/h7-16,18,22H,5-6,17,19-20H2,1-4H3,(H,33,37)/t22-/m1/s1. The van der Waals surface area contributed by atoms with Crippen LogP contribution in [-0.4, -0.2) is 51.4 Å². The number of methoxy groups -OCH3 is 1. The second-order valence-electron chi connectivity index (χ2n) is 9.58. The second-order valence-corrected chi connectivity index (χ2v) is 11.8. The fourth-order valence-corrected chi connectivity index (χ4v) is 5.76. The summed E-state index contributed by atoms with van der Waals surface area (Å²) in [5.41, 5.74) is 1.17. The average molecular weight is 604 g/mol. The topological polar surface area (TPSA) is 96.0 Å². The maximum absolute atomic E-state index is 14.6. The molecular formula is C30H35ClFN3O5S. The van der Waals surface area contributed by atoms with Gasteiger partial charge in [0, 0.05) is 18.7 Å². The van der Waals surface area contributed by atoms with Crippen molar-refractivity contribution in [2.45, 2.75) is 51.1 Å². The molecule has 220 valence electrons. The lowest BCUT2D eigenvalue weighted by Gasteiger charge is -2.32. The van der Waals surface area contributed by atoms with Crippen molar-refractivity contribution < 1.29 is 27.1 Å². The summed E-state index contributed by atoms with van der Waals surface area (Å²) in [6.07, 6.45) is 1.61. The number of sulfonamides is 1. The Labute approximate surface area is 246 Å². The third kappa shape index (κ3) is 7.98. The Morgan fingerprint density at radius 2 is 1.76 bits per heavy atom. The first-order chi connectivity index (χ1) is 19.5. The Balaban J connectivity index is 2.05. The SMILES string of the molecule is CCCCNC(=O)[C@@H](C)N(Cc1ccccc1F)C(=O)CN(c1ccc(OC)c(Cl)c1)S(=O)(=O)c1ccc(C)cc1. The normalized spacial score (nSPS) is 12.0. The maximum atomic E-state index is 14.6. The van der Waals surface area contributed by atoms with E-state index in [2.05, 4.69) is 5.32 Å². The number of hydrogen-bond donors (Lipinski definition) is 1. The van der Waals surface area contributed by atoms with Gasteiger partial charge in [0.05, 0.1) is 22.7 Å². The third-order valence-corrected chi connectivity index (χ3v) is 8.69. The number of ether oxygens (including phenoxy) is 1. The molecule has 0 unspecified atom stereocenters. The molecule has 0 aromatic heterocycles. The minimum Gasteiger partial charge on any atom is -0.495 e. The van der Waals surface area contributed by atoms with Crippen LogP contribution < -0.4 is 14.4 Å². The first kappa shape index (κ1) is 31.9. The smallest absolute Gasteiger partial charge is 0.264 e. The number of hydrogen-bond acceptors (Lipinski definition) is 5. The Morgan fingerprint density at radius 1 is 1.07 bits per heavy atom. The third-order valence-electron chi connectivity index (χ3n) is 6.61. The molecule has 0 fully saturated rings. The molecular weight excluding hydrogens is 569 g/mol.